The van der Waals surface area contributed by atoms with Crippen LogP contribution in [0.2, 0.25) is 0 Å². The second kappa shape index (κ2) is 14.6. The first-order valence-corrected chi connectivity index (χ1v) is 14.9. The number of nitrogens with two attached hydrogens (primary N) is 1. The Kier molecular flexibility index (Phi) is 11.9. The largest absolute Gasteiger partial charge is 0.461 e. The molecule has 2 N–H and O–H groups in total. The summed E-state index contributed by atoms with van der Waals surface area (Å²) in [5, 5.41) is 0.197. The number of rotatable bonds is 13. The van der Waals surface area contributed by atoms with Gasteiger partial charge in [-0.1, -0.05) is 55.8 Å². The minimum atomic E-state index is -3.92. The van der Waals surface area contributed by atoms with Gasteiger partial charge in [-0.2, -0.15) is 8.42 Å². The fourth-order valence-corrected chi connectivity index (χ4v) is 5.04. The van der Waals surface area contributed by atoms with Crippen molar-refractivity contribution in [1.29, 1.82) is 0 Å². The van der Waals surface area contributed by atoms with E-state index in [1.54, 1.807) is 74.6 Å². The molecular formula is C27H36N4O5S2. The summed E-state index contributed by atoms with van der Waals surface area (Å²) in [6.07, 6.45) is 4.73. The van der Waals surface area contributed by atoms with Crippen LogP contribution in [0.1, 0.15) is 38.7 Å². The molecule has 206 valence electrons. The quantitative estimate of drug-likeness (QED) is 0.167. The molecule has 2 aromatic carbocycles. The van der Waals surface area contributed by atoms with E-state index in [-0.39, 0.29) is 41.1 Å². The predicted octanol–water partition coefficient (Wildman–Crippen LogP) is 4.20. The molecule has 0 unspecified atom stereocenters. The second-order valence-electron chi connectivity index (χ2n) is 8.57. The summed E-state index contributed by atoms with van der Waals surface area (Å²) in [6, 6.07) is 13.8. The van der Waals surface area contributed by atoms with Gasteiger partial charge in [-0.05, 0) is 36.8 Å². The Balaban J connectivity index is 2.47. The van der Waals surface area contributed by atoms with Crippen LogP contribution in [-0.2, 0) is 30.9 Å². The van der Waals surface area contributed by atoms with Crippen LogP contribution in [0.15, 0.2) is 68.6 Å². The Bertz CT molecular complexity index is 1270. The summed E-state index contributed by atoms with van der Waals surface area (Å²) in [5.74, 6) is -0.885. The number of amides is 1. The maximum Gasteiger partial charge on any atom is 0.357 e. The molecule has 0 aliphatic heterocycles. The molecule has 2 aromatic rings. The summed E-state index contributed by atoms with van der Waals surface area (Å²) in [5.41, 5.74) is 8.08. The molecule has 0 atom stereocenters. The van der Waals surface area contributed by atoms with Gasteiger partial charge in [0.05, 0.1) is 23.1 Å². The zero-order chi connectivity index (χ0) is 28.3. The van der Waals surface area contributed by atoms with Crippen LogP contribution >= 0.6 is 11.8 Å². The lowest BCUT2D eigenvalue weighted by Gasteiger charge is -2.26. The van der Waals surface area contributed by atoms with Crippen LogP contribution in [-0.4, -0.2) is 63.4 Å². The predicted molar refractivity (Wildman–Crippen MR) is 153 cm³/mol. The Morgan fingerprint density at radius 1 is 1.08 bits per heavy atom. The molecule has 0 aromatic heterocycles. The molecule has 0 heterocycles. The number of carbonyl (C=O) groups excluding carboxylic acids is 2. The summed E-state index contributed by atoms with van der Waals surface area (Å²) in [4.78, 5) is 29.0. The van der Waals surface area contributed by atoms with E-state index in [1.807, 2.05) is 6.92 Å². The number of sulfonamides is 1. The van der Waals surface area contributed by atoms with Gasteiger partial charge in [-0.15, -0.1) is 16.2 Å². The van der Waals surface area contributed by atoms with Crippen LogP contribution in [0.3, 0.4) is 0 Å². The van der Waals surface area contributed by atoms with Crippen LogP contribution in [0.25, 0.3) is 11.1 Å². The smallest absolute Gasteiger partial charge is 0.357 e. The number of unbranched alkanes of at least 4 members (excludes halogenated alkanes) is 1. The lowest BCUT2D eigenvalue weighted by molar-refractivity contribution is -0.144. The van der Waals surface area contributed by atoms with Gasteiger partial charge in [0.25, 0.3) is 10.0 Å². The van der Waals surface area contributed by atoms with Crippen molar-refractivity contribution in [3.63, 3.8) is 0 Å². The minimum Gasteiger partial charge on any atom is -0.461 e. The van der Waals surface area contributed by atoms with E-state index in [4.69, 9.17) is 10.5 Å². The molecular weight excluding hydrogens is 524 g/mol. The zero-order valence-electron chi connectivity index (χ0n) is 22.5. The number of benzene rings is 2. The second-order valence-corrected chi connectivity index (χ2v) is 11.0. The third kappa shape index (κ3) is 8.35. The van der Waals surface area contributed by atoms with E-state index < -0.39 is 16.0 Å². The molecule has 0 bridgehead atoms. The van der Waals surface area contributed by atoms with Gasteiger partial charge in [0.2, 0.25) is 5.91 Å². The lowest BCUT2D eigenvalue weighted by Crippen LogP contribution is -2.36. The topological polar surface area (TPSA) is 122 Å². The Hall–Kier alpha value is -3.31. The zero-order valence-corrected chi connectivity index (χ0v) is 24.1. The minimum absolute atomic E-state index is 0.0275. The maximum atomic E-state index is 13.2. The number of hydrogen-bond donors (Lipinski definition) is 1. The first-order chi connectivity index (χ1) is 18.0. The number of esters is 1. The monoisotopic (exact) mass is 560 g/mol. The van der Waals surface area contributed by atoms with E-state index in [9.17, 15) is 18.0 Å². The van der Waals surface area contributed by atoms with Gasteiger partial charge in [-0.3, -0.25) is 9.69 Å². The number of carbonyl (C=O) groups is 2. The SMILES string of the molecule is CCCCC(=O)N(Cc1ccc(-c2ccccc2S(=O)(=O)/N=C/N(C)C)cc1)/C(C(=O)OCC)=C(\N)SC. The fourth-order valence-electron chi connectivity index (χ4n) is 3.51. The molecule has 1 amide bonds. The summed E-state index contributed by atoms with van der Waals surface area (Å²) >= 11 is 1.17. The molecule has 0 spiro atoms. The van der Waals surface area contributed by atoms with Crippen molar-refractivity contribution in [2.75, 3.05) is 27.0 Å². The number of thioether (sulfide) groups is 1. The van der Waals surface area contributed by atoms with Crippen LogP contribution in [0.4, 0.5) is 0 Å². The number of hydrogen-bond acceptors (Lipinski definition) is 7. The van der Waals surface area contributed by atoms with Crippen molar-refractivity contribution in [2.24, 2.45) is 10.1 Å². The van der Waals surface area contributed by atoms with Gasteiger partial charge in [0.15, 0.2) is 5.70 Å². The van der Waals surface area contributed by atoms with E-state index in [0.717, 1.165) is 12.0 Å². The van der Waals surface area contributed by atoms with Crippen molar-refractivity contribution in [1.82, 2.24) is 9.80 Å². The third-order valence-corrected chi connectivity index (χ3v) is 7.34. The van der Waals surface area contributed by atoms with Crippen LogP contribution in [0, 0.1) is 0 Å². The Morgan fingerprint density at radius 2 is 1.74 bits per heavy atom. The van der Waals surface area contributed by atoms with Gasteiger partial charge in [-0.25, -0.2) is 4.79 Å². The van der Waals surface area contributed by atoms with Crippen molar-refractivity contribution in [2.45, 2.75) is 44.6 Å². The molecule has 38 heavy (non-hydrogen) atoms. The molecule has 0 aliphatic carbocycles. The average Bonchev–Trinajstić information content (AvgIpc) is 2.90. The molecule has 0 aliphatic rings. The molecule has 0 saturated heterocycles. The van der Waals surface area contributed by atoms with Crippen molar-refractivity contribution >= 4 is 40.0 Å². The molecule has 0 radical (unpaired) electrons. The van der Waals surface area contributed by atoms with E-state index in [0.29, 0.717) is 17.5 Å². The van der Waals surface area contributed by atoms with Crippen molar-refractivity contribution in [3.8, 4) is 11.1 Å². The highest BCUT2D eigenvalue weighted by Gasteiger charge is 2.28. The third-order valence-electron chi connectivity index (χ3n) is 5.42. The average molecular weight is 561 g/mol. The summed E-state index contributed by atoms with van der Waals surface area (Å²) < 4.78 is 34.7. The van der Waals surface area contributed by atoms with E-state index >= 15 is 0 Å². The first-order valence-electron chi connectivity index (χ1n) is 12.2. The fraction of sp³-hybridized carbons (Fsp3) is 0.370. The first kappa shape index (κ1) is 30.9. The number of nitrogens with zero attached hydrogens (tertiary/aromatic N) is 3. The van der Waals surface area contributed by atoms with Crippen molar-refractivity contribution in [3.05, 3.63) is 64.8 Å². The van der Waals surface area contributed by atoms with E-state index in [2.05, 4.69) is 4.40 Å². The van der Waals surface area contributed by atoms with E-state index in [1.165, 1.54) is 29.1 Å². The number of ether oxygens (including phenoxy) is 1. The van der Waals surface area contributed by atoms with Crippen molar-refractivity contribution < 1.29 is 22.7 Å². The highest BCUT2D eigenvalue weighted by molar-refractivity contribution is 8.02. The highest BCUT2D eigenvalue weighted by atomic mass is 32.2. The maximum absolute atomic E-state index is 13.2. The summed E-state index contributed by atoms with van der Waals surface area (Å²) in [6.45, 7) is 3.93. The lowest BCUT2D eigenvalue weighted by atomic mass is 10.0. The molecule has 0 saturated carbocycles. The van der Waals surface area contributed by atoms with Gasteiger partial charge >= 0.3 is 5.97 Å². The van der Waals surface area contributed by atoms with Crippen LogP contribution < -0.4 is 5.73 Å². The molecule has 0 fully saturated rings. The van der Waals surface area contributed by atoms with Gasteiger partial charge in [0.1, 0.15) is 6.34 Å². The van der Waals surface area contributed by atoms with Crippen LogP contribution in [0.5, 0.6) is 0 Å². The Labute approximate surface area is 229 Å². The molecule has 9 nitrogen and oxygen atoms in total. The Morgan fingerprint density at radius 3 is 2.32 bits per heavy atom. The van der Waals surface area contributed by atoms with Gasteiger partial charge < -0.3 is 15.4 Å². The van der Waals surface area contributed by atoms with Gasteiger partial charge in [0, 0.05) is 26.1 Å². The normalized spacial score (nSPS) is 12.2. The highest BCUT2D eigenvalue weighted by Crippen LogP contribution is 2.29. The molecule has 11 heteroatoms. The molecule has 2 rings (SSSR count). The summed E-state index contributed by atoms with van der Waals surface area (Å²) in [7, 11) is -0.541. The standard InChI is InChI=1S/C27H36N4O5S2/c1-6-8-13-24(32)31(25(26(28)37-5)27(33)36-7-2)18-20-14-16-21(17-15-20)22-11-9-10-12-23(22)38(34,35)29-19-30(3)4/h9-12,14-17,19H,6-8,13,18,28H2,1-5H3/b26-25+,29-19+.